The van der Waals surface area contributed by atoms with Gasteiger partial charge in [0.25, 0.3) is 0 Å². The van der Waals surface area contributed by atoms with E-state index in [0.29, 0.717) is 72.6 Å². The summed E-state index contributed by atoms with van der Waals surface area (Å²) in [5, 5.41) is 7.47. The van der Waals surface area contributed by atoms with Crippen LogP contribution in [0.3, 0.4) is 0 Å². The Balaban J connectivity index is 0.758. The van der Waals surface area contributed by atoms with Gasteiger partial charge in [0, 0.05) is 33.0 Å². The molecule has 0 saturated heterocycles. The van der Waals surface area contributed by atoms with E-state index in [-0.39, 0.29) is 29.9 Å². The normalized spacial score (nSPS) is 11.2. The summed E-state index contributed by atoms with van der Waals surface area (Å²) in [6.45, 7) is 1.20. The molecule has 0 aromatic heterocycles. The fraction of sp³-hybridized carbons (Fsp3) is 0.160. The fourth-order valence-corrected chi connectivity index (χ4v) is 7.42. The van der Waals surface area contributed by atoms with Crippen LogP contribution in [0.15, 0.2) is 158 Å². The largest absolute Gasteiger partial charge is 0.493 e. The van der Waals surface area contributed by atoms with Crippen LogP contribution in [0.4, 0.5) is 0 Å². The maximum absolute atomic E-state index is 13.8. The predicted octanol–water partition coefficient (Wildman–Crippen LogP) is 11.4. The van der Waals surface area contributed by atoms with Crippen molar-refractivity contribution in [3.05, 3.63) is 185 Å². The van der Waals surface area contributed by atoms with E-state index in [4.69, 9.17) is 19.1 Å². The molecule has 0 N–H and O–H groups in total. The highest BCUT2D eigenvalue weighted by atomic mass is 17.0. The summed E-state index contributed by atoms with van der Waals surface area (Å²) >= 11 is 0. The zero-order chi connectivity index (χ0) is 39.7. The molecule has 0 bridgehead atoms. The number of fused-ring (bicyclic) bond motifs is 4. The van der Waals surface area contributed by atoms with Crippen molar-refractivity contribution in [3.8, 4) is 11.5 Å². The van der Waals surface area contributed by atoms with E-state index in [1.807, 2.05) is 158 Å². The van der Waals surface area contributed by atoms with Gasteiger partial charge in [-0.3, -0.25) is 9.59 Å². The summed E-state index contributed by atoms with van der Waals surface area (Å²) in [6.07, 6.45) is 2.49. The van der Waals surface area contributed by atoms with E-state index in [9.17, 15) is 14.5 Å². The topological polar surface area (TPSA) is 91.1 Å². The Morgan fingerprint density at radius 1 is 0.362 bits per heavy atom. The van der Waals surface area contributed by atoms with Crippen LogP contribution in [0.5, 0.6) is 11.5 Å². The lowest BCUT2D eigenvalue weighted by molar-refractivity contribution is -0.981. The van der Waals surface area contributed by atoms with Gasteiger partial charge >= 0.3 is 5.09 Å². The van der Waals surface area contributed by atoms with Gasteiger partial charge in [0.15, 0.2) is 24.8 Å². The van der Waals surface area contributed by atoms with E-state index >= 15 is 0 Å². The molecular formula is C50H42NO7+. The van der Waals surface area contributed by atoms with Gasteiger partial charge in [0.05, 0.1) is 13.2 Å². The number of hydrogen-bond donors (Lipinski definition) is 0. The Morgan fingerprint density at radius 3 is 1.16 bits per heavy atom. The predicted molar refractivity (Wildman–Crippen MR) is 228 cm³/mol. The number of carbonyl (C=O) groups excluding carboxylic acids is 2. The van der Waals surface area contributed by atoms with Crippen LogP contribution >= 0.6 is 0 Å². The van der Waals surface area contributed by atoms with E-state index < -0.39 is 0 Å². The number of hydrogen-bond acceptors (Lipinski definition) is 7. The zero-order valence-corrected chi connectivity index (χ0v) is 32.0. The summed E-state index contributed by atoms with van der Waals surface area (Å²) in [5.41, 5.74) is 2.59. The van der Waals surface area contributed by atoms with Crippen LogP contribution in [0.25, 0.3) is 43.1 Å². The van der Waals surface area contributed by atoms with E-state index in [2.05, 4.69) is 0 Å². The highest BCUT2D eigenvalue weighted by Gasteiger charge is 2.19. The van der Waals surface area contributed by atoms with Crippen molar-refractivity contribution in [2.24, 2.45) is 0 Å². The monoisotopic (exact) mass is 768 g/mol. The molecule has 58 heavy (non-hydrogen) atoms. The van der Waals surface area contributed by atoms with E-state index in [1.54, 1.807) is 0 Å². The quantitative estimate of drug-likeness (QED) is 0.0487. The minimum Gasteiger partial charge on any atom is -0.493 e. The number of nitrogens with zero attached hydrogens (tertiary/aromatic N) is 1. The van der Waals surface area contributed by atoms with Crippen molar-refractivity contribution in [2.75, 3.05) is 26.4 Å². The third-order valence-electron chi connectivity index (χ3n) is 10.3. The maximum atomic E-state index is 13.8. The number of ether oxygens (including phenoxy) is 2. The summed E-state index contributed by atoms with van der Waals surface area (Å²) in [6, 6.07) is 50.3. The molecule has 288 valence electrons. The molecule has 8 nitrogen and oxygen atoms in total. The molecule has 0 aliphatic rings. The first-order valence-corrected chi connectivity index (χ1v) is 19.6. The lowest BCUT2D eigenvalue weighted by Crippen LogP contribution is -2.13. The number of ketones is 2. The zero-order valence-electron chi connectivity index (χ0n) is 32.0. The molecular weight excluding hydrogens is 727 g/mol. The van der Waals surface area contributed by atoms with Gasteiger partial charge in [-0.15, -0.1) is 0 Å². The molecule has 8 aromatic carbocycles. The van der Waals surface area contributed by atoms with E-state index in [1.165, 1.54) is 0 Å². The minimum atomic E-state index is -0.0301. The van der Waals surface area contributed by atoms with Gasteiger partial charge in [0.1, 0.15) is 16.4 Å². The lowest BCUT2D eigenvalue weighted by Gasteiger charge is -2.13. The Hall–Kier alpha value is -7.06. The Morgan fingerprint density at radius 2 is 0.707 bits per heavy atom. The second-order valence-corrected chi connectivity index (χ2v) is 14.0. The molecule has 0 amide bonds. The molecule has 0 aliphatic carbocycles. The van der Waals surface area contributed by atoms with Crippen molar-refractivity contribution in [1.82, 2.24) is 0 Å². The smallest absolute Gasteiger partial charge is 0.477 e. The highest BCUT2D eigenvalue weighted by Crippen LogP contribution is 2.33. The third kappa shape index (κ3) is 8.22. The Bertz CT molecular complexity index is 2580. The van der Waals surface area contributed by atoms with Gasteiger partial charge in [-0.25, -0.2) is 0 Å². The second kappa shape index (κ2) is 17.8. The Labute approximate surface area is 336 Å². The van der Waals surface area contributed by atoms with Crippen LogP contribution < -0.4 is 9.47 Å². The first kappa shape index (κ1) is 37.8. The maximum Gasteiger partial charge on any atom is 0.477 e. The van der Waals surface area contributed by atoms with Crippen molar-refractivity contribution in [3.63, 3.8) is 0 Å². The van der Waals surface area contributed by atoms with Crippen molar-refractivity contribution < 1.29 is 33.8 Å². The average Bonchev–Trinajstić information content (AvgIpc) is 3.27. The highest BCUT2D eigenvalue weighted by molar-refractivity contribution is 6.23. The van der Waals surface area contributed by atoms with Crippen molar-refractivity contribution >= 4 is 54.7 Å². The summed E-state index contributed by atoms with van der Waals surface area (Å²) in [5.74, 6) is 1.33. The van der Waals surface area contributed by atoms with Gasteiger partial charge in [-0.05, 0) is 82.3 Å². The number of unbranched alkanes of at least 4 members (excludes halogenated alkanes) is 2. The first-order valence-electron chi connectivity index (χ1n) is 19.6. The molecule has 8 rings (SSSR count). The second-order valence-electron chi connectivity index (χ2n) is 14.0. The standard InChI is InChI=1S/C50H42NO7/c52-49(43-25-13-17-35-15-1-3-19-37(35)43)45-27-29-47(41-23-7-5-21-39(41)45)55-31-9-11-33-57-51(54)58-34-12-10-32-56-48-30-28-46(40-22-6-8-24-42(40)48)50(53)44-26-14-18-36-16-2-4-20-38(36)44/h1-8,13-30H,9-12,31-34H2/q+1. The van der Waals surface area contributed by atoms with Crippen molar-refractivity contribution in [1.29, 1.82) is 0 Å². The molecule has 8 heteroatoms. The summed E-state index contributed by atoms with van der Waals surface area (Å²) in [7, 11) is 0. The number of carbonyl (C=O) groups is 2. The molecule has 8 aromatic rings. The van der Waals surface area contributed by atoms with Crippen LogP contribution in [0, 0.1) is 4.91 Å². The van der Waals surface area contributed by atoms with E-state index in [0.717, 1.165) is 43.1 Å². The van der Waals surface area contributed by atoms with Crippen LogP contribution in [0.1, 0.15) is 57.5 Å². The van der Waals surface area contributed by atoms with Crippen LogP contribution in [-0.2, 0) is 9.68 Å². The number of rotatable bonds is 18. The summed E-state index contributed by atoms with van der Waals surface area (Å²) in [4.78, 5) is 50.0. The van der Waals surface area contributed by atoms with Crippen LogP contribution in [-0.4, -0.2) is 43.1 Å². The Kier molecular flexibility index (Phi) is 11.6. The summed E-state index contributed by atoms with van der Waals surface area (Å²) < 4.78 is 12.3. The molecule has 0 atom stereocenters. The fourth-order valence-electron chi connectivity index (χ4n) is 7.42. The van der Waals surface area contributed by atoms with Gasteiger partial charge in [-0.1, -0.05) is 133 Å². The molecule has 0 aliphatic heterocycles. The van der Waals surface area contributed by atoms with Crippen molar-refractivity contribution in [2.45, 2.75) is 25.7 Å². The average molecular weight is 769 g/mol. The molecule has 0 radical (unpaired) electrons. The minimum absolute atomic E-state index is 0.0301. The molecule has 0 unspecified atom stereocenters. The SMILES string of the molecule is O=C(c1cccc2ccccc12)c1ccc(OCCCCO[N+](=O)OCCCCOc2ccc(C(=O)c3cccc4ccccc34)c3ccccc23)c2ccccc12. The molecule has 0 saturated carbocycles. The third-order valence-corrected chi connectivity index (χ3v) is 10.3. The molecule has 0 spiro atoms. The van der Waals surface area contributed by atoms with Gasteiger partial charge in [-0.2, -0.15) is 9.68 Å². The van der Waals surface area contributed by atoms with Crippen LogP contribution in [0.2, 0.25) is 0 Å². The van der Waals surface area contributed by atoms with Gasteiger partial charge in [0.2, 0.25) is 0 Å². The molecule has 0 fully saturated rings. The number of benzene rings is 8. The lowest BCUT2D eigenvalue weighted by atomic mass is 9.93. The molecule has 0 heterocycles. The first-order chi connectivity index (χ1) is 28.6. The van der Waals surface area contributed by atoms with Gasteiger partial charge < -0.3 is 9.47 Å².